The zero-order chi connectivity index (χ0) is 13.0. The number of hydrogen-bond donors (Lipinski definition) is 3. The predicted octanol–water partition coefficient (Wildman–Crippen LogP) is 1.11. The van der Waals surface area contributed by atoms with Gasteiger partial charge >= 0.3 is 0 Å². The normalized spacial score (nSPS) is 20.5. The number of hydrogen-bond acceptors (Lipinski definition) is 4. The average molecular weight is 248 g/mol. The second-order valence-corrected chi connectivity index (χ2v) is 4.70. The third-order valence-corrected chi connectivity index (χ3v) is 3.44. The van der Waals surface area contributed by atoms with Gasteiger partial charge in [0.15, 0.2) is 0 Å². The number of rotatable bonds is 3. The molecule has 0 radical (unpaired) electrons. The van der Waals surface area contributed by atoms with E-state index in [9.17, 15) is 5.11 Å². The number of nitrogens with zero attached hydrogens (tertiary/aromatic N) is 2. The van der Waals surface area contributed by atoms with Crippen LogP contribution in [0.3, 0.4) is 0 Å². The van der Waals surface area contributed by atoms with E-state index in [1.807, 2.05) is 12.1 Å². The van der Waals surface area contributed by atoms with Gasteiger partial charge in [-0.15, -0.1) is 0 Å². The maximum Gasteiger partial charge on any atom is 0.128 e. The Morgan fingerprint density at radius 1 is 1.44 bits per heavy atom. The number of aliphatic hydroxyl groups is 1. The zero-order valence-corrected chi connectivity index (χ0v) is 10.5. The number of nitrogens with two attached hydrogens (primary N) is 1. The summed E-state index contributed by atoms with van der Waals surface area (Å²) < 4.78 is 0. The van der Waals surface area contributed by atoms with Crippen LogP contribution in [-0.2, 0) is 0 Å². The third kappa shape index (κ3) is 2.79. The number of anilines is 1. The fourth-order valence-electron chi connectivity index (χ4n) is 2.38. The van der Waals surface area contributed by atoms with Crippen LogP contribution in [0.25, 0.3) is 0 Å². The Kier molecular flexibility index (Phi) is 4.15. The molecule has 1 atom stereocenters. The number of aromatic nitrogens is 1. The number of nitrogen functional groups attached to an aromatic ring is 1. The highest BCUT2D eigenvalue weighted by Crippen LogP contribution is 2.22. The third-order valence-electron chi connectivity index (χ3n) is 3.44. The molecule has 0 saturated carbocycles. The molecule has 0 spiro atoms. The second kappa shape index (κ2) is 5.82. The zero-order valence-electron chi connectivity index (χ0n) is 10.5. The topological polar surface area (TPSA) is 86.2 Å². The summed E-state index contributed by atoms with van der Waals surface area (Å²) in [5.74, 6) is 0.893. The van der Waals surface area contributed by atoms with Gasteiger partial charge in [0.05, 0.1) is 12.6 Å². The second-order valence-electron chi connectivity index (χ2n) is 4.70. The van der Waals surface area contributed by atoms with Crippen molar-refractivity contribution in [1.82, 2.24) is 4.98 Å². The first-order chi connectivity index (χ1) is 8.72. The van der Waals surface area contributed by atoms with Crippen molar-refractivity contribution in [3.05, 3.63) is 23.9 Å². The van der Waals surface area contributed by atoms with Gasteiger partial charge in [0.1, 0.15) is 11.7 Å². The maximum absolute atomic E-state index is 9.47. The van der Waals surface area contributed by atoms with E-state index < -0.39 is 0 Å². The van der Waals surface area contributed by atoms with Crippen molar-refractivity contribution in [1.29, 1.82) is 5.41 Å². The lowest BCUT2D eigenvalue weighted by atomic mass is 10.1. The Bertz CT molecular complexity index is 404. The molecule has 1 aliphatic heterocycles. The summed E-state index contributed by atoms with van der Waals surface area (Å²) >= 11 is 0. The van der Waals surface area contributed by atoms with E-state index in [0.717, 1.165) is 31.6 Å². The summed E-state index contributed by atoms with van der Waals surface area (Å²) in [6.45, 7) is 1.09. The van der Waals surface area contributed by atoms with E-state index in [2.05, 4.69) is 9.88 Å². The van der Waals surface area contributed by atoms with E-state index in [0.29, 0.717) is 5.56 Å². The molecule has 2 heterocycles. The van der Waals surface area contributed by atoms with Crippen LogP contribution in [0.4, 0.5) is 5.82 Å². The molecule has 1 saturated heterocycles. The summed E-state index contributed by atoms with van der Waals surface area (Å²) in [6.07, 6.45) is 6.13. The van der Waals surface area contributed by atoms with E-state index in [1.165, 1.54) is 6.42 Å². The van der Waals surface area contributed by atoms with Gasteiger partial charge in [0, 0.05) is 18.3 Å². The first-order valence-corrected chi connectivity index (χ1v) is 6.40. The smallest absolute Gasteiger partial charge is 0.128 e. The highest BCUT2D eigenvalue weighted by molar-refractivity contribution is 5.94. The van der Waals surface area contributed by atoms with Gasteiger partial charge in [0.2, 0.25) is 0 Å². The minimum Gasteiger partial charge on any atom is -0.394 e. The SMILES string of the molecule is N=C(N)c1ccc(N2CCCCCC2CO)nc1. The van der Waals surface area contributed by atoms with Gasteiger partial charge in [-0.3, -0.25) is 5.41 Å². The molecule has 0 amide bonds. The molecule has 1 unspecified atom stereocenters. The molecule has 5 nitrogen and oxygen atoms in total. The largest absolute Gasteiger partial charge is 0.394 e. The van der Waals surface area contributed by atoms with E-state index >= 15 is 0 Å². The molecule has 18 heavy (non-hydrogen) atoms. The van der Waals surface area contributed by atoms with Crippen molar-refractivity contribution in [2.75, 3.05) is 18.1 Å². The Morgan fingerprint density at radius 2 is 2.28 bits per heavy atom. The molecule has 0 aromatic carbocycles. The van der Waals surface area contributed by atoms with Crippen molar-refractivity contribution in [3.8, 4) is 0 Å². The Hall–Kier alpha value is -1.62. The fraction of sp³-hybridized carbons (Fsp3) is 0.538. The van der Waals surface area contributed by atoms with Gasteiger partial charge in [-0.25, -0.2) is 4.98 Å². The van der Waals surface area contributed by atoms with Crippen LogP contribution in [0.1, 0.15) is 31.2 Å². The van der Waals surface area contributed by atoms with E-state index in [1.54, 1.807) is 6.20 Å². The van der Waals surface area contributed by atoms with Crippen molar-refractivity contribution in [2.24, 2.45) is 5.73 Å². The van der Waals surface area contributed by atoms with E-state index in [4.69, 9.17) is 11.1 Å². The molecule has 1 aliphatic rings. The first-order valence-electron chi connectivity index (χ1n) is 6.40. The monoisotopic (exact) mass is 248 g/mol. The number of nitrogens with one attached hydrogen (secondary N) is 1. The lowest BCUT2D eigenvalue weighted by molar-refractivity contribution is 0.254. The van der Waals surface area contributed by atoms with Crippen LogP contribution >= 0.6 is 0 Å². The number of pyridine rings is 1. The summed E-state index contributed by atoms with van der Waals surface area (Å²) in [7, 11) is 0. The summed E-state index contributed by atoms with van der Waals surface area (Å²) in [6, 6.07) is 3.84. The van der Waals surface area contributed by atoms with Gasteiger partial charge in [-0.2, -0.15) is 0 Å². The van der Waals surface area contributed by atoms with Gasteiger partial charge < -0.3 is 15.7 Å². The Balaban J connectivity index is 2.19. The highest BCUT2D eigenvalue weighted by Gasteiger charge is 2.21. The standard InChI is InChI=1S/C13H20N4O/c14-13(15)10-5-6-12(16-8-10)17-7-3-1-2-4-11(17)9-18/h5-6,8,11,18H,1-4,7,9H2,(H3,14,15). The van der Waals surface area contributed by atoms with Crippen LogP contribution in [0.15, 0.2) is 18.3 Å². The summed E-state index contributed by atoms with van der Waals surface area (Å²) in [5, 5.41) is 16.8. The molecule has 0 bridgehead atoms. The molecule has 1 aromatic rings. The Morgan fingerprint density at radius 3 is 2.89 bits per heavy atom. The van der Waals surface area contributed by atoms with Crippen LogP contribution < -0.4 is 10.6 Å². The molecule has 4 N–H and O–H groups in total. The lowest BCUT2D eigenvalue weighted by Gasteiger charge is -2.29. The van der Waals surface area contributed by atoms with Crippen LogP contribution in [-0.4, -0.2) is 35.1 Å². The minimum absolute atomic E-state index is 0.0311. The van der Waals surface area contributed by atoms with Crippen molar-refractivity contribution in [2.45, 2.75) is 31.7 Å². The summed E-state index contributed by atoms with van der Waals surface area (Å²) in [5.41, 5.74) is 6.04. The van der Waals surface area contributed by atoms with Gasteiger partial charge in [-0.1, -0.05) is 12.8 Å². The molecule has 2 rings (SSSR count). The first kappa shape index (κ1) is 12.8. The lowest BCUT2D eigenvalue weighted by Crippen LogP contribution is -2.38. The molecular formula is C13H20N4O. The molecule has 5 heteroatoms. The van der Waals surface area contributed by atoms with Gasteiger partial charge in [0.25, 0.3) is 0 Å². The fourth-order valence-corrected chi connectivity index (χ4v) is 2.38. The molecule has 0 aliphatic carbocycles. The Labute approximate surface area is 107 Å². The summed E-state index contributed by atoms with van der Waals surface area (Å²) in [4.78, 5) is 6.52. The molecular weight excluding hydrogens is 228 g/mol. The molecule has 1 aromatic heterocycles. The van der Waals surface area contributed by atoms with E-state index in [-0.39, 0.29) is 18.5 Å². The van der Waals surface area contributed by atoms with Crippen molar-refractivity contribution >= 4 is 11.7 Å². The average Bonchev–Trinajstić information content (AvgIpc) is 2.63. The van der Waals surface area contributed by atoms with Gasteiger partial charge in [-0.05, 0) is 25.0 Å². The minimum atomic E-state index is 0.0311. The maximum atomic E-state index is 9.47. The van der Waals surface area contributed by atoms with Crippen LogP contribution in [0, 0.1) is 5.41 Å². The number of amidine groups is 1. The quantitative estimate of drug-likeness (QED) is 0.552. The van der Waals surface area contributed by atoms with Crippen molar-refractivity contribution in [3.63, 3.8) is 0 Å². The van der Waals surface area contributed by atoms with Crippen LogP contribution in [0.5, 0.6) is 0 Å². The number of aliphatic hydroxyl groups excluding tert-OH is 1. The molecule has 1 fully saturated rings. The molecule has 98 valence electrons. The highest BCUT2D eigenvalue weighted by atomic mass is 16.3. The van der Waals surface area contributed by atoms with Crippen LogP contribution in [0.2, 0.25) is 0 Å². The predicted molar refractivity (Wildman–Crippen MR) is 71.9 cm³/mol. The van der Waals surface area contributed by atoms with Crippen molar-refractivity contribution < 1.29 is 5.11 Å².